The second-order valence-corrected chi connectivity index (χ2v) is 6.00. The number of aromatic hydroxyl groups is 1. The maximum Gasteiger partial charge on any atom is 0.336 e. The first-order valence-corrected chi connectivity index (χ1v) is 7.90. The predicted molar refractivity (Wildman–Crippen MR) is 95.5 cm³/mol. The summed E-state index contributed by atoms with van der Waals surface area (Å²) in [5.41, 5.74) is 0.808. The van der Waals surface area contributed by atoms with E-state index in [1.165, 1.54) is 36.4 Å². The molecule has 1 heterocycles. The van der Waals surface area contributed by atoms with Crippen LogP contribution in [0, 0.1) is 5.82 Å². The summed E-state index contributed by atoms with van der Waals surface area (Å²) in [5.74, 6) is -0.731. The van der Waals surface area contributed by atoms with Crippen LogP contribution in [0.5, 0.6) is 5.75 Å². The highest BCUT2D eigenvalue weighted by atomic mass is 19.1. The zero-order valence-electron chi connectivity index (χ0n) is 14.0. The monoisotopic (exact) mass is 356 g/mol. The van der Waals surface area contributed by atoms with Gasteiger partial charge in [-0.2, -0.15) is 0 Å². The third-order valence-corrected chi connectivity index (χ3v) is 3.78. The number of nitrogens with zero attached hydrogens (tertiary/aromatic N) is 1. The van der Waals surface area contributed by atoms with Crippen LogP contribution in [0.15, 0.2) is 57.7 Å². The van der Waals surface area contributed by atoms with Crippen molar-refractivity contribution in [1.29, 1.82) is 0 Å². The van der Waals surface area contributed by atoms with Crippen molar-refractivity contribution in [2.75, 3.05) is 18.9 Å². The molecule has 3 rings (SSSR count). The third-order valence-electron chi connectivity index (χ3n) is 3.78. The Morgan fingerprint density at radius 1 is 1.23 bits per heavy atom. The Morgan fingerprint density at radius 3 is 2.81 bits per heavy atom. The zero-order chi connectivity index (χ0) is 18.7. The first-order valence-electron chi connectivity index (χ1n) is 7.90. The van der Waals surface area contributed by atoms with Gasteiger partial charge in [-0.15, -0.1) is 0 Å². The van der Waals surface area contributed by atoms with E-state index in [2.05, 4.69) is 5.32 Å². The Kier molecular flexibility index (Phi) is 4.99. The lowest BCUT2D eigenvalue weighted by atomic mass is 10.1. The lowest BCUT2D eigenvalue weighted by Crippen LogP contribution is -2.30. The molecule has 2 aromatic carbocycles. The van der Waals surface area contributed by atoms with Crippen molar-refractivity contribution in [3.05, 3.63) is 70.3 Å². The van der Waals surface area contributed by atoms with Crippen LogP contribution >= 0.6 is 0 Å². The molecule has 0 spiro atoms. The largest absolute Gasteiger partial charge is 0.508 e. The molecular weight excluding hydrogens is 339 g/mol. The summed E-state index contributed by atoms with van der Waals surface area (Å²) in [5, 5.41) is 12.8. The van der Waals surface area contributed by atoms with Crippen molar-refractivity contribution in [3.63, 3.8) is 0 Å². The molecule has 1 aromatic heterocycles. The summed E-state index contributed by atoms with van der Waals surface area (Å²) < 4.78 is 18.3. The van der Waals surface area contributed by atoms with Gasteiger partial charge in [0.15, 0.2) is 0 Å². The molecule has 0 aliphatic rings. The number of halogens is 1. The van der Waals surface area contributed by atoms with E-state index in [4.69, 9.17) is 4.42 Å². The SMILES string of the molecule is CN(CC(=O)Nc1cccc(F)c1)Cc1cc(=O)oc2cc(O)ccc12. The minimum Gasteiger partial charge on any atom is -0.508 e. The van der Waals surface area contributed by atoms with Crippen LogP contribution in [-0.2, 0) is 11.3 Å². The molecule has 2 N–H and O–H groups in total. The molecule has 6 nitrogen and oxygen atoms in total. The maximum absolute atomic E-state index is 13.2. The van der Waals surface area contributed by atoms with Gasteiger partial charge < -0.3 is 14.8 Å². The van der Waals surface area contributed by atoms with E-state index in [-0.39, 0.29) is 23.8 Å². The van der Waals surface area contributed by atoms with Crippen molar-refractivity contribution in [3.8, 4) is 5.75 Å². The molecule has 26 heavy (non-hydrogen) atoms. The number of nitrogens with one attached hydrogen (secondary N) is 1. The molecule has 0 radical (unpaired) electrons. The number of carbonyl (C=O) groups is 1. The fourth-order valence-electron chi connectivity index (χ4n) is 2.71. The van der Waals surface area contributed by atoms with Crippen LogP contribution in [0.4, 0.5) is 10.1 Å². The Hall–Kier alpha value is -3.19. The van der Waals surface area contributed by atoms with Gasteiger partial charge in [0.25, 0.3) is 0 Å². The summed E-state index contributed by atoms with van der Waals surface area (Å²) in [4.78, 5) is 25.5. The van der Waals surface area contributed by atoms with Gasteiger partial charge in [0.1, 0.15) is 17.1 Å². The first kappa shape index (κ1) is 17.6. The highest BCUT2D eigenvalue weighted by molar-refractivity contribution is 5.92. The quantitative estimate of drug-likeness (QED) is 0.687. The predicted octanol–water partition coefficient (Wildman–Crippen LogP) is 2.71. The molecule has 0 aliphatic carbocycles. The average Bonchev–Trinajstić information content (AvgIpc) is 2.53. The lowest BCUT2D eigenvalue weighted by Gasteiger charge is -2.17. The van der Waals surface area contributed by atoms with Crippen molar-refractivity contribution in [2.24, 2.45) is 0 Å². The summed E-state index contributed by atoms with van der Waals surface area (Å²) in [7, 11) is 1.73. The van der Waals surface area contributed by atoms with E-state index in [1.54, 1.807) is 24.1 Å². The van der Waals surface area contributed by atoms with E-state index in [0.29, 0.717) is 23.2 Å². The molecule has 0 unspecified atom stereocenters. The number of anilines is 1. The summed E-state index contributed by atoms with van der Waals surface area (Å²) in [6.45, 7) is 0.375. The third kappa shape index (κ3) is 4.25. The molecule has 7 heteroatoms. The minimum absolute atomic E-state index is 0.000579. The molecule has 0 bridgehead atoms. The van der Waals surface area contributed by atoms with Gasteiger partial charge in [0.05, 0.1) is 6.54 Å². The van der Waals surface area contributed by atoms with Crippen molar-refractivity contribution in [1.82, 2.24) is 4.90 Å². The van der Waals surface area contributed by atoms with Crippen LogP contribution in [-0.4, -0.2) is 29.5 Å². The number of hydrogen-bond donors (Lipinski definition) is 2. The van der Waals surface area contributed by atoms with Crippen LogP contribution in [0.2, 0.25) is 0 Å². The van der Waals surface area contributed by atoms with Gasteiger partial charge in [0.2, 0.25) is 5.91 Å². The Morgan fingerprint density at radius 2 is 2.04 bits per heavy atom. The number of carbonyl (C=O) groups excluding carboxylic acids is 1. The van der Waals surface area contributed by atoms with Crippen molar-refractivity contribution >= 4 is 22.6 Å². The van der Waals surface area contributed by atoms with E-state index >= 15 is 0 Å². The van der Waals surface area contributed by atoms with Gasteiger partial charge in [-0.05, 0) is 42.9 Å². The molecule has 0 saturated carbocycles. The molecule has 134 valence electrons. The number of amides is 1. The summed E-state index contributed by atoms with van der Waals surface area (Å²) >= 11 is 0. The number of phenolic OH excluding ortho intramolecular Hbond substituents is 1. The van der Waals surface area contributed by atoms with Crippen LogP contribution in [0.25, 0.3) is 11.0 Å². The Bertz CT molecular complexity index is 1020. The Labute approximate surface area is 148 Å². The highest BCUT2D eigenvalue weighted by Crippen LogP contribution is 2.22. The molecule has 0 fully saturated rings. The minimum atomic E-state index is -0.532. The molecule has 0 atom stereocenters. The van der Waals surface area contributed by atoms with Gasteiger partial charge in [-0.25, -0.2) is 9.18 Å². The molecule has 0 saturated heterocycles. The van der Waals surface area contributed by atoms with Crippen molar-refractivity contribution < 1.29 is 18.7 Å². The first-order chi connectivity index (χ1) is 12.4. The van der Waals surface area contributed by atoms with E-state index in [0.717, 1.165) is 0 Å². The smallest absolute Gasteiger partial charge is 0.336 e. The number of benzene rings is 2. The number of phenols is 1. The van der Waals surface area contributed by atoms with E-state index in [1.807, 2.05) is 0 Å². The fraction of sp³-hybridized carbons (Fsp3) is 0.158. The average molecular weight is 356 g/mol. The standard InChI is InChI=1S/C19H17FN2O4/c1-22(11-18(24)21-14-4-2-3-13(20)8-14)10-12-7-19(25)26-17-9-15(23)5-6-16(12)17/h2-9,23H,10-11H2,1H3,(H,21,24). The number of likely N-dealkylation sites (N-methyl/N-ethyl adjacent to an activating group) is 1. The second-order valence-electron chi connectivity index (χ2n) is 6.00. The lowest BCUT2D eigenvalue weighted by molar-refractivity contribution is -0.117. The van der Waals surface area contributed by atoms with Gasteiger partial charge in [-0.3, -0.25) is 9.69 Å². The van der Waals surface area contributed by atoms with Crippen LogP contribution in [0.1, 0.15) is 5.56 Å². The number of hydrogen-bond acceptors (Lipinski definition) is 5. The van der Waals surface area contributed by atoms with Crippen molar-refractivity contribution in [2.45, 2.75) is 6.54 Å². The van der Waals surface area contributed by atoms with Gasteiger partial charge in [0, 0.05) is 29.8 Å². The van der Waals surface area contributed by atoms with Crippen LogP contribution < -0.4 is 10.9 Å². The fourth-order valence-corrected chi connectivity index (χ4v) is 2.71. The Balaban J connectivity index is 1.72. The number of rotatable bonds is 5. The highest BCUT2D eigenvalue weighted by Gasteiger charge is 2.12. The second kappa shape index (κ2) is 7.37. The van der Waals surface area contributed by atoms with Gasteiger partial charge in [-0.1, -0.05) is 6.07 Å². The molecule has 0 aliphatic heterocycles. The maximum atomic E-state index is 13.2. The molecular formula is C19H17FN2O4. The van der Waals surface area contributed by atoms with Gasteiger partial charge >= 0.3 is 5.63 Å². The normalized spacial score (nSPS) is 11.0. The molecule has 3 aromatic rings. The van der Waals surface area contributed by atoms with E-state index < -0.39 is 11.4 Å². The summed E-state index contributed by atoms with van der Waals surface area (Å²) in [6.07, 6.45) is 0. The molecule has 1 amide bonds. The number of fused-ring (bicyclic) bond motifs is 1. The summed E-state index contributed by atoms with van der Waals surface area (Å²) in [6, 6.07) is 11.5. The topological polar surface area (TPSA) is 82.8 Å². The van der Waals surface area contributed by atoms with E-state index in [9.17, 15) is 19.1 Å². The zero-order valence-corrected chi connectivity index (χ0v) is 14.0. The van der Waals surface area contributed by atoms with Crippen LogP contribution in [0.3, 0.4) is 0 Å².